The largest absolute Gasteiger partial charge is 0.480 e. The zero-order valence-corrected chi connectivity index (χ0v) is 10.3. The minimum Gasteiger partial charge on any atom is -0.480 e. The lowest BCUT2D eigenvalue weighted by Gasteiger charge is -2.20. The van der Waals surface area contributed by atoms with E-state index in [1.54, 1.807) is 6.92 Å². The lowest BCUT2D eigenvalue weighted by Crippen LogP contribution is -2.45. The van der Waals surface area contributed by atoms with Gasteiger partial charge in [-0.25, -0.2) is 4.79 Å². The molecule has 0 bridgehead atoms. The van der Waals surface area contributed by atoms with Crippen LogP contribution in [-0.4, -0.2) is 54.2 Å². The summed E-state index contributed by atoms with van der Waals surface area (Å²) in [5.74, 6) is -1.22. The molecule has 0 aromatic heterocycles. The zero-order valence-electron chi connectivity index (χ0n) is 10.3. The minimum atomic E-state index is -1.07. The fraction of sp³-hybridized carbons (Fsp3) is 0.727. The summed E-state index contributed by atoms with van der Waals surface area (Å²) in [5, 5.41) is 11.1. The zero-order chi connectivity index (χ0) is 13.5. The van der Waals surface area contributed by atoms with Crippen LogP contribution >= 0.6 is 0 Å². The van der Waals surface area contributed by atoms with E-state index < -0.39 is 18.0 Å². The number of amides is 2. The molecule has 102 valence electrons. The highest BCUT2D eigenvalue weighted by molar-refractivity contribution is 5.83. The van der Waals surface area contributed by atoms with Crippen LogP contribution in [0.2, 0.25) is 0 Å². The number of ether oxygens (including phenoxy) is 1. The average Bonchev–Trinajstić information content (AvgIpc) is 3.08. The Morgan fingerprint density at radius 2 is 2.06 bits per heavy atom. The number of carbonyl (C=O) groups is 3. The highest BCUT2D eigenvalue weighted by atomic mass is 16.5. The van der Waals surface area contributed by atoms with E-state index >= 15 is 0 Å². The van der Waals surface area contributed by atoms with Gasteiger partial charge in [0, 0.05) is 6.54 Å². The molecule has 0 atom stereocenters. The third-order valence-corrected chi connectivity index (χ3v) is 2.48. The summed E-state index contributed by atoms with van der Waals surface area (Å²) in [6.45, 7) is 1.73. The van der Waals surface area contributed by atoms with Crippen molar-refractivity contribution in [2.75, 3.05) is 26.2 Å². The molecule has 7 heteroatoms. The lowest BCUT2D eigenvalue weighted by molar-refractivity contribution is -0.141. The van der Waals surface area contributed by atoms with Crippen LogP contribution in [0.3, 0.4) is 0 Å². The topological polar surface area (TPSA) is 95.9 Å². The Morgan fingerprint density at radius 3 is 2.56 bits per heavy atom. The van der Waals surface area contributed by atoms with Gasteiger partial charge in [-0.3, -0.25) is 9.59 Å². The van der Waals surface area contributed by atoms with E-state index in [9.17, 15) is 14.4 Å². The standard InChI is InChI=1S/C11H18N2O5/c1-2-18-10(16)5-12-11(17)13(7-9(14)15)6-8-3-4-8/h8H,2-7H2,1H3,(H,12,17)(H,14,15). The Hall–Kier alpha value is -1.79. The number of rotatable bonds is 7. The second-order valence-electron chi connectivity index (χ2n) is 4.18. The summed E-state index contributed by atoms with van der Waals surface area (Å²) in [6.07, 6.45) is 2.03. The van der Waals surface area contributed by atoms with Gasteiger partial charge in [0.05, 0.1) is 6.61 Å². The number of nitrogens with zero attached hydrogens (tertiary/aromatic N) is 1. The van der Waals surface area contributed by atoms with E-state index in [2.05, 4.69) is 10.1 Å². The van der Waals surface area contributed by atoms with Gasteiger partial charge in [0.15, 0.2) is 0 Å². The van der Waals surface area contributed by atoms with E-state index in [4.69, 9.17) is 5.11 Å². The summed E-state index contributed by atoms with van der Waals surface area (Å²) in [7, 11) is 0. The Balaban J connectivity index is 2.37. The number of esters is 1. The third kappa shape index (κ3) is 5.51. The Labute approximate surface area is 105 Å². The van der Waals surface area contributed by atoms with Gasteiger partial charge >= 0.3 is 18.0 Å². The molecule has 0 aromatic rings. The van der Waals surface area contributed by atoms with E-state index in [0.29, 0.717) is 12.5 Å². The molecule has 0 unspecified atom stereocenters. The molecule has 0 aliphatic heterocycles. The molecule has 7 nitrogen and oxygen atoms in total. The van der Waals surface area contributed by atoms with Crippen LogP contribution in [0, 0.1) is 5.92 Å². The minimum absolute atomic E-state index is 0.243. The van der Waals surface area contributed by atoms with Crippen molar-refractivity contribution in [3.63, 3.8) is 0 Å². The highest BCUT2D eigenvalue weighted by Gasteiger charge is 2.28. The molecule has 1 rings (SSSR count). The smallest absolute Gasteiger partial charge is 0.325 e. The molecule has 1 aliphatic rings. The first-order valence-corrected chi connectivity index (χ1v) is 5.93. The summed E-state index contributed by atoms with van der Waals surface area (Å²) in [6, 6.07) is -0.544. The molecule has 0 aromatic carbocycles. The second kappa shape index (κ2) is 6.83. The van der Waals surface area contributed by atoms with Gasteiger partial charge in [0.1, 0.15) is 13.1 Å². The first-order chi connectivity index (χ1) is 8.52. The van der Waals surface area contributed by atoms with Crippen LogP contribution in [0.5, 0.6) is 0 Å². The van der Waals surface area contributed by atoms with E-state index in [1.165, 1.54) is 4.90 Å². The van der Waals surface area contributed by atoms with Gasteiger partial charge in [-0.15, -0.1) is 0 Å². The van der Waals surface area contributed by atoms with Crippen molar-refractivity contribution in [1.29, 1.82) is 0 Å². The molecule has 1 aliphatic carbocycles. The Bertz CT molecular complexity index is 327. The van der Waals surface area contributed by atoms with Crippen molar-refractivity contribution in [3.05, 3.63) is 0 Å². The number of urea groups is 1. The molecule has 0 spiro atoms. The predicted molar refractivity (Wildman–Crippen MR) is 62.0 cm³/mol. The van der Waals surface area contributed by atoms with Crippen LogP contribution in [-0.2, 0) is 14.3 Å². The second-order valence-corrected chi connectivity index (χ2v) is 4.18. The van der Waals surface area contributed by atoms with Crippen molar-refractivity contribution >= 4 is 18.0 Å². The molecule has 2 N–H and O–H groups in total. The highest BCUT2D eigenvalue weighted by Crippen LogP contribution is 2.29. The van der Waals surface area contributed by atoms with Crippen molar-refractivity contribution in [2.24, 2.45) is 5.92 Å². The Morgan fingerprint density at radius 1 is 1.39 bits per heavy atom. The normalized spacial score (nSPS) is 13.8. The van der Waals surface area contributed by atoms with Crippen molar-refractivity contribution < 1.29 is 24.2 Å². The lowest BCUT2D eigenvalue weighted by atomic mass is 10.3. The van der Waals surface area contributed by atoms with E-state index in [1.807, 2.05) is 0 Å². The van der Waals surface area contributed by atoms with Crippen molar-refractivity contribution in [1.82, 2.24) is 10.2 Å². The van der Waals surface area contributed by atoms with Crippen LogP contribution in [0.15, 0.2) is 0 Å². The number of carbonyl (C=O) groups excluding carboxylic acids is 2. The first kappa shape index (κ1) is 14.3. The average molecular weight is 258 g/mol. The molecule has 18 heavy (non-hydrogen) atoms. The van der Waals surface area contributed by atoms with Crippen LogP contribution in [0.1, 0.15) is 19.8 Å². The van der Waals surface area contributed by atoms with E-state index in [-0.39, 0.29) is 19.7 Å². The SMILES string of the molecule is CCOC(=O)CNC(=O)N(CC(=O)O)CC1CC1. The van der Waals surface area contributed by atoms with E-state index in [0.717, 1.165) is 12.8 Å². The number of hydrogen-bond donors (Lipinski definition) is 2. The maximum Gasteiger partial charge on any atom is 0.325 e. The molecule has 1 saturated carbocycles. The summed E-state index contributed by atoms with van der Waals surface area (Å²) in [4.78, 5) is 34.6. The van der Waals surface area contributed by atoms with Crippen LogP contribution in [0.25, 0.3) is 0 Å². The van der Waals surface area contributed by atoms with Crippen LogP contribution < -0.4 is 5.32 Å². The molecule has 1 fully saturated rings. The summed E-state index contributed by atoms with van der Waals surface area (Å²) < 4.78 is 4.66. The molecule has 0 radical (unpaired) electrons. The monoisotopic (exact) mass is 258 g/mol. The number of hydrogen-bond acceptors (Lipinski definition) is 4. The number of carboxylic acids is 1. The van der Waals surface area contributed by atoms with Gasteiger partial charge in [-0.1, -0.05) is 0 Å². The van der Waals surface area contributed by atoms with Crippen LogP contribution in [0.4, 0.5) is 4.79 Å². The van der Waals surface area contributed by atoms with Crippen molar-refractivity contribution in [2.45, 2.75) is 19.8 Å². The van der Waals surface area contributed by atoms with Gasteiger partial charge in [0.2, 0.25) is 0 Å². The maximum atomic E-state index is 11.7. The molecular formula is C11H18N2O5. The summed E-state index contributed by atoms with van der Waals surface area (Å²) in [5.41, 5.74) is 0. The molecule has 2 amide bonds. The Kier molecular flexibility index (Phi) is 5.41. The fourth-order valence-electron chi connectivity index (χ4n) is 1.47. The molecule has 0 saturated heterocycles. The maximum absolute atomic E-state index is 11.7. The quantitative estimate of drug-likeness (QED) is 0.629. The summed E-state index contributed by atoms with van der Waals surface area (Å²) >= 11 is 0. The predicted octanol–water partition coefficient (Wildman–Crippen LogP) is 0.0557. The van der Waals surface area contributed by atoms with Crippen molar-refractivity contribution in [3.8, 4) is 0 Å². The first-order valence-electron chi connectivity index (χ1n) is 5.93. The molecule has 0 heterocycles. The number of carboxylic acid groups (broad SMARTS) is 1. The van der Waals surface area contributed by atoms with Gasteiger partial charge in [-0.05, 0) is 25.7 Å². The van der Waals surface area contributed by atoms with Gasteiger partial charge in [-0.2, -0.15) is 0 Å². The van der Waals surface area contributed by atoms with Gasteiger partial charge < -0.3 is 20.1 Å². The fourth-order valence-corrected chi connectivity index (χ4v) is 1.47. The number of aliphatic carboxylic acids is 1. The van der Waals surface area contributed by atoms with Gasteiger partial charge in [0.25, 0.3) is 0 Å². The molecular weight excluding hydrogens is 240 g/mol. The third-order valence-electron chi connectivity index (χ3n) is 2.48. The number of nitrogens with one attached hydrogen (secondary N) is 1.